The Morgan fingerprint density at radius 3 is 1.65 bits per heavy atom. The number of para-hydroxylation sites is 3. The lowest BCUT2D eigenvalue weighted by atomic mass is 10.00. The average molecular weight is 822 g/mol. The number of nitrogens with zero attached hydrogens (tertiary/aromatic N) is 5. The second-order valence-electron chi connectivity index (χ2n) is 16.0. The molecule has 0 atom stereocenters. The molecule has 0 unspecified atom stereocenters. The SMILES string of the molecule is c1ccc(-c2ccc(-c3nc(-c4ccc(-c5ccc6ccccc6c5)cc4)nc(-c4ccc5c(c4)c4c6cccc7c6n(c4n5-c4ccccc4)-c4ccccc4S7)n3)cc2)cc1. The summed E-state index contributed by atoms with van der Waals surface area (Å²) in [5.41, 5.74) is 13.2. The molecule has 294 valence electrons. The molecule has 0 aliphatic carbocycles. The Balaban J connectivity index is 1.01. The summed E-state index contributed by atoms with van der Waals surface area (Å²) in [5.74, 6) is 1.87. The van der Waals surface area contributed by atoms with E-state index in [1.807, 2.05) is 17.8 Å². The molecule has 0 spiro atoms. The van der Waals surface area contributed by atoms with Crippen molar-refractivity contribution in [1.82, 2.24) is 24.1 Å². The Kier molecular flexibility index (Phi) is 8.08. The summed E-state index contributed by atoms with van der Waals surface area (Å²) in [6.07, 6.45) is 0. The van der Waals surface area contributed by atoms with E-state index >= 15 is 0 Å². The number of hydrogen-bond acceptors (Lipinski definition) is 4. The van der Waals surface area contributed by atoms with Crippen LogP contribution in [0.5, 0.6) is 0 Å². The summed E-state index contributed by atoms with van der Waals surface area (Å²) in [6, 6.07) is 75.5. The summed E-state index contributed by atoms with van der Waals surface area (Å²) in [4.78, 5) is 18.2. The Labute approximate surface area is 367 Å². The monoisotopic (exact) mass is 821 g/mol. The van der Waals surface area contributed by atoms with Crippen LogP contribution in [-0.2, 0) is 0 Å². The minimum Gasteiger partial charge on any atom is -0.295 e. The molecule has 0 saturated carbocycles. The molecule has 6 heteroatoms. The number of rotatable bonds is 6. The summed E-state index contributed by atoms with van der Waals surface area (Å²) in [6.45, 7) is 0. The quantitative estimate of drug-likeness (QED) is 0.168. The molecule has 4 heterocycles. The fourth-order valence-electron chi connectivity index (χ4n) is 9.34. The van der Waals surface area contributed by atoms with Gasteiger partial charge >= 0.3 is 0 Å². The molecule has 13 rings (SSSR count). The number of fused-ring (bicyclic) bond motifs is 8. The van der Waals surface area contributed by atoms with Crippen molar-refractivity contribution in [2.45, 2.75) is 9.79 Å². The largest absolute Gasteiger partial charge is 0.295 e. The number of benzene rings is 9. The van der Waals surface area contributed by atoms with Gasteiger partial charge in [-0.2, -0.15) is 0 Å². The van der Waals surface area contributed by atoms with Crippen molar-refractivity contribution in [2.75, 3.05) is 0 Å². The van der Waals surface area contributed by atoms with E-state index in [1.165, 1.54) is 53.7 Å². The Bertz CT molecular complexity index is 3740. The zero-order chi connectivity index (χ0) is 41.4. The van der Waals surface area contributed by atoms with Gasteiger partial charge in [-0.05, 0) is 87.6 Å². The average Bonchev–Trinajstić information content (AvgIpc) is 3.88. The molecule has 63 heavy (non-hydrogen) atoms. The molecule has 0 bridgehead atoms. The smallest absolute Gasteiger partial charge is 0.164 e. The molecule has 0 N–H and O–H groups in total. The van der Waals surface area contributed by atoms with Gasteiger partial charge in [-0.3, -0.25) is 9.13 Å². The molecular weight excluding hydrogens is 787 g/mol. The van der Waals surface area contributed by atoms with Crippen LogP contribution in [0.2, 0.25) is 0 Å². The first-order valence-electron chi connectivity index (χ1n) is 21.2. The van der Waals surface area contributed by atoms with Crippen molar-refractivity contribution in [3.63, 3.8) is 0 Å². The summed E-state index contributed by atoms with van der Waals surface area (Å²) < 4.78 is 4.89. The molecule has 0 radical (unpaired) electrons. The molecule has 12 aromatic rings. The standard InChI is InChI=1S/C57H35N5S/c1-3-12-36(13-4-1)38-22-27-40(28-23-38)54-58-55(41-29-24-39(25-30-41)43-31-26-37-14-7-8-15-42(37)34-43)60-56(59-54)44-32-33-48-47(35-44)52-46-18-11-21-51-53(46)62(49-19-9-10-20-50(49)63-51)57(52)61(48)45-16-5-2-6-17-45/h1-35H. The first-order valence-corrected chi connectivity index (χ1v) is 22.0. The predicted molar refractivity (Wildman–Crippen MR) is 260 cm³/mol. The number of hydrogen-bond donors (Lipinski definition) is 0. The Hall–Kier alpha value is -8.06. The summed E-state index contributed by atoms with van der Waals surface area (Å²) in [7, 11) is 0. The summed E-state index contributed by atoms with van der Waals surface area (Å²) in [5, 5.41) is 6.03. The zero-order valence-corrected chi connectivity index (χ0v) is 34.7. The Morgan fingerprint density at radius 1 is 0.349 bits per heavy atom. The van der Waals surface area contributed by atoms with Crippen LogP contribution in [0.15, 0.2) is 222 Å². The van der Waals surface area contributed by atoms with Crippen molar-refractivity contribution in [3.8, 4) is 67.8 Å². The molecule has 0 fully saturated rings. The third kappa shape index (κ3) is 5.83. The van der Waals surface area contributed by atoms with E-state index in [2.05, 4.69) is 215 Å². The topological polar surface area (TPSA) is 48.5 Å². The maximum absolute atomic E-state index is 5.26. The van der Waals surface area contributed by atoms with Gasteiger partial charge in [0.05, 0.1) is 16.7 Å². The van der Waals surface area contributed by atoms with Gasteiger partial charge in [0.15, 0.2) is 17.5 Å². The fraction of sp³-hybridized carbons (Fsp3) is 0. The van der Waals surface area contributed by atoms with Gasteiger partial charge in [-0.25, -0.2) is 15.0 Å². The van der Waals surface area contributed by atoms with E-state index < -0.39 is 0 Å². The Morgan fingerprint density at radius 2 is 0.905 bits per heavy atom. The van der Waals surface area contributed by atoms with Crippen LogP contribution in [0.4, 0.5) is 0 Å². The summed E-state index contributed by atoms with van der Waals surface area (Å²) >= 11 is 1.84. The second-order valence-corrected chi connectivity index (χ2v) is 17.1. The van der Waals surface area contributed by atoms with E-state index in [0.717, 1.165) is 50.1 Å². The molecule has 0 saturated heterocycles. The fourth-order valence-corrected chi connectivity index (χ4v) is 10.4. The highest BCUT2D eigenvalue weighted by molar-refractivity contribution is 7.99. The van der Waals surface area contributed by atoms with Crippen LogP contribution in [-0.4, -0.2) is 24.1 Å². The third-order valence-corrected chi connectivity index (χ3v) is 13.5. The minimum absolute atomic E-state index is 0.623. The van der Waals surface area contributed by atoms with Crippen molar-refractivity contribution in [2.24, 2.45) is 0 Å². The van der Waals surface area contributed by atoms with Crippen molar-refractivity contribution in [1.29, 1.82) is 0 Å². The van der Waals surface area contributed by atoms with Gasteiger partial charge in [0.25, 0.3) is 0 Å². The molecule has 5 nitrogen and oxygen atoms in total. The zero-order valence-electron chi connectivity index (χ0n) is 33.9. The second kappa shape index (κ2) is 14.3. The van der Waals surface area contributed by atoms with E-state index in [-0.39, 0.29) is 0 Å². The van der Waals surface area contributed by atoms with Gasteiger partial charge in [0, 0.05) is 48.3 Å². The highest BCUT2D eigenvalue weighted by Gasteiger charge is 2.28. The molecule has 1 aliphatic heterocycles. The van der Waals surface area contributed by atoms with Crippen LogP contribution in [0.25, 0.3) is 111 Å². The van der Waals surface area contributed by atoms with Gasteiger partial charge in [-0.1, -0.05) is 169 Å². The number of aromatic nitrogens is 5. The maximum Gasteiger partial charge on any atom is 0.164 e. The van der Waals surface area contributed by atoms with E-state index in [1.54, 1.807) is 0 Å². The van der Waals surface area contributed by atoms with Crippen molar-refractivity contribution in [3.05, 3.63) is 212 Å². The van der Waals surface area contributed by atoms with Gasteiger partial charge in [-0.15, -0.1) is 0 Å². The molecular formula is C57H35N5S. The van der Waals surface area contributed by atoms with E-state index in [4.69, 9.17) is 15.0 Å². The predicted octanol–water partition coefficient (Wildman–Crippen LogP) is 14.9. The van der Waals surface area contributed by atoms with Crippen LogP contribution in [0.3, 0.4) is 0 Å². The molecule has 0 amide bonds. The van der Waals surface area contributed by atoms with E-state index in [0.29, 0.717) is 17.5 Å². The third-order valence-electron chi connectivity index (χ3n) is 12.4. The van der Waals surface area contributed by atoms with E-state index in [9.17, 15) is 0 Å². The van der Waals surface area contributed by atoms with Crippen LogP contribution < -0.4 is 0 Å². The highest BCUT2D eigenvalue weighted by Crippen LogP contribution is 2.49. The lowest BCUT2D eigenvalue weighted by Crippen LogP contribution is -2.05. The van der Waals surface area contributed by atoms with Crippen molar-refractivity contribution >= 4 is 55.4 Å². The van der Waals surface area contributed by atoms with Crippen LogP contribution in [0, 0.1) is 0 Å². The molecule has 3 aromatic heterocycles. The van der Waals surface area contributed by atoms with Gasteiger partial charge in [0.1, 0.15) is 5.65 Å². The first-order chi connectivity index (χ1) is 31.2. The normalized spacial score (nSPS) is 12.1. The van der Waals surface area contributed by atoms with Crippen LogP contribution >= 0.6 is 11.8 Å². The molecule has 9 aromatic carbocycles. The van der Waals surface area contributed by atoms with Crippen molar-refractivity contribution < 1.29 is 0 Å². The first kappa shape index (κ1) is 35.7. The molecule has 1 aliphatic rings. The minimum atomic E-state index is 0.623. The lowest BCUT2D eigenvalue weighted by molar-refractivity contribution is 1.03. The van der Waals surface area contributed by atoms with Gasteiger partial charge < -0.3 is 0 Å². The lowest BCUT2D eigenvalue weighted by Gasteiger charge is -2.21. The van der Waals surface area contributed by atoms with Crippen LogP contribution in [0.1, 0.15) is 0 Å². The maximum atomic E-state index is 5.26. The highest BCUT2D eigenvalue weighted by atomic mass is 32.2. The van der Waals surface area contributed by atoms with Gasteiger partial charge in [0.2, 0.25) is 0 Å².